The molecule has 54 heavy (non-hydrogen) atoms. The van der Waals surface area contributed by atoms with Crippen LogP contribution in [0.25, 0.3) is 72.4 Å². The third-order valence-electron chi connectivity index (χ3n) is 12.2. The van der Waals surface area contributed by atoms with Gasteiger partial charge in [0.15, 0.2) is 0 Å². The van der Waals surface area contributed by atoms with Gasteiger partial charge in [-0.25, -0.2) is 0 Å². The van der Waals surface area contributed by atoms with Crippen LogP contribution in [0.3, 0.4) is 0 Å². The van der Waals surface area contributed by atoms with Gasteiger partial charge in [0.25, 0.3) is 0 Å². The third-order valence-corrected chi connectivity index (χ3v) is 12.2. The molecule has 2 nitrogen and oxygen atoms in total. The summed E-state index contributed by atoms with van der Waals surface area (Å²) in [5.74, 6) is 2.74. The molecule has 0 bridgehead atoms. The van der Waals surface area contributed by atoms with E-state index in [1.165, 1.54) is 99.6 Å². The lowest BCUT2D eigenvalue weighted by Crippen LogP contribution is -2.26. The first kappa shape index (κ1) is 30.8. The second-order valence-corrected chi connectivity index (χ2v) is 15.0. The molecule has 1 spiro atoms. The van der Waals surface area contributed by atoms with Gasteiger partial charge in [-0.3, -0.25) is 0 Å². The SMILES string of the molecule is C#C/C=C\c1c(C)c2ccccc2n1-c1ccc2c(c1)C1(c3cc(C)ccc3-c3ccc(C)cc31)c1cc(-n3c4ccccc4c4ccccc43)ccc1-2. The lowest BCUT2D eigenvalue weighted by Gasteiger charge is -2.31. The minimum absolute atomic E-state index is 0.523. The Morgan fingerprint density at radius 1 is 0.481 bits per heavy atom. The van der Waals surface area contributed by atoms with Crippen molar-refractivity contribution in [3.63, 3.8) is 0 Å². The Morgan fingerprint density at radius 2 is 0.907 bits per heavy atom. The van der Waals surface area contributed by atoms with Gasteiger partial charge < -0.3 is 9.13 Å². The number of terminal acetylenes is 1. The van der Waals surface area contributed by atoms with Crippen LogP contribution < -0.4 is 0 Å². The highest BCUT2D eigenvalue weighted by molar-refractivity contribution is 6.09. The summed E-state index contributed by atoms with van der Waals surface area (Å²) >= 11 is 0. The molecule has 0 N–H and O–H groups in total. The van der Waals surface area contributed by atoms with Gasteiger partial charge in [-0.15, -0.1) is 6.42 Å². The molecule has 2 heterocycles. The smallest absolute Gasteiger partial charge is 0.0727 e. The minimum atomic E-state index is -0.523. The summed E-state index contributed by atoms with van der Waals surface area (Å²) < 4.78 is 4.84. The molecule has 0 fully saturated rings. The van der Waals surface area contributed by atoms with Gasteiger partial charge in [0.1, 0.15) is 0 Å². The van der Waals surface area contributed by atoms with Gasteiger partial charge in [0.2, 0.25) is 0 Å². The molecular weight excluding hydrogens is 653 g/mol. The maximum atomic E-state index is 5.79. The number of allylic oxidation sites excluding steroid dienone is 1. The van der Waals surface area contributed by atoms with Crippen molar-refractivity contribution < 1.29 is 0 Å². The molecule has 7 aromatic carbocycles. The Balaban J connectivity index is 1.26. The Bertz CT molecular complexity index is 3050. The van der Waals surface area contributed by atoms with Crippen LogP contribution in [0, 0.1) is 33.1 Å². The summed E-state index contributed by atoms with van der Waals surface area (Å²) in [6.45, 7) is 6.65. The van der Waals surface area contributed by atoms with Crippen LogP contribution in [-0.2, 0) is 5.41 Å². The van der Waals surface area contributed by atoms with Gasteiger partial charge in [-0.05, 0) is 125 Å². The second-order valence-electron chi connectivity index (χ2n) is 15.0. The highest BCUT2D eigenvalue weighted by atomic mass is 15.0. The summed E-state index contributed by atoms with van der Waals surface area (Å²) in [4.78, 5) is 0. The first-order chi connectivity index (χ1) is 26.5. The lowest BCUT2D eigenvalue weighted by atomic mass is 9.70. The Hall–Kier alpha value is -6.82. The number of rotatable bonds is 3. The summed E-state index contributed by atoms with van der Waals surface area (Å²) in [5.41, 5.74) is 20.7. The van der Waals surface area contributed by atoms with E-state index in [1.807, 2.05) is 6.08 Å². The van der Waals surface area contributed by atoms with Crippen molar-refractivity contribution in [1.29, 1.82) is 0 Å². The van der Waals surface area contributed by atoms with Crippen LogP contribution in [-0.4, -0.2) is 9.13 Å². The monoisotopic (exact) mass is 688 g/mol. The van der Waals surface area contributed by atoms with E-state index in [-0.39, 0.29) is 0 Å². The highest BCUT2D eigenvalue weighted by Crippen LogP contribution is 2.63. The molecule has 0 unspecified atom stereocenters. The van der Waals surface area contributed by atoms with Crippen LogP contribution >= 0.6 is 0 Å². The number of aromatic nitrogens is 2. The quantitative estimate of drug-likeness (QED) is 0.164. The molecule has 254 valence electrons. The molecule has 2 heteroatoms. The van der Waals surface area contributed by atoms with E-state index in [2.05, 4.69) is 187 Å². The maximum Gasteiger partial charge on any atom is 0.0727 e. The third kappa shape index (κ3) is 3.91. The highest BCUT2D eigenvalue weighted by Gasteiger charge is 2.52. The Morgan fingerprint density at radius 3 is 1.43 bits per heavy atom. The lowest BCUT2D eigenvalue weighted by molar-refractivity contribution is 0.789. The van der Waals surface area contributed by atoms with Crippen molar-refractivity contribution in [3.8, 4) is 46.0 Å². The molecule has 2 aromatic heterocycles. The standard InChI is InChI=1S/C52H36N2/c1-5-6-16-48-34(4)37-13-7-10-17-49(37)53(48)35-22-26-40-41-27-23-36(54-50-18-11-8-14-42(50)43-15-9-12-19-51(43)54)31-47(41)52(46(40)30-35)44-28-32(2)20-24-38(44)39-25-21-33(3)29-45(39)52/h1,6-31H,2-4H3/b16-6-. The fourth-order valence-electron chi connectivity index (χ4n) is 9.94. The number of hydrogen-bond acceptors (Lipinski definition) is 0. The average molecular weight is 689 g/mol. The largest absolute Gasteiger partial charge is 0.310 e. The number of para-hydroxylation sites is 3. The van der Waals surface area contributed by atoms with Crippen LogP contribution in [0.1, 0.15) is 44.6 Å². The van der Waals surface area contributed by atoms with Crippen LogP contribution in [0.2, 0.25) is 0 Å². The van der Waals surface area contributed by atoms with Gasteiger partial charge in [-0.1, -0.05) is 120 Å². The van der Waals surface area contributed by atoms with Gasteiger partial charge in [-0.2, -0.15) is 0 Å². The van der Waals surface area contributed by atoms with Crippen molar-refractivity contribution in [1.82, 2.24) is 9.13 Å². The van der Waals surface area contributed by atoms with Gasteiger partial charge >= 0.3 is 0 Å². The number of nitrogens with zero attached hydrogens (tertiary/aromatic N) is 2. The van der Waals surface area contributed by atoms with Crippen LogP contribution in [0.5, 0.6) is 0 Å². The first-order valence-corrected chi connectivity index (χ1v) is 18.7. The zero-order valence-electron chi connectivity index (χ0n) is 30.5. The first-order valence-electron chi connectivity index (χ1n) is 18.7. The van der Waals surface area contributed by atoms with E-state index in [9.17, 15) is 0 Å². The fourth-order valence-corrected chi connectivity index (χ4v) is 9.94. The molecule has 0 saturated heterocycles. The van der Waals surface area contributed by atoms with E-state index in [0.29, 0.717) is 0 Å². The molecule has 0 amide bonds. The molecule has 2 aliphatic carbocycles. The summed E-state index contributed by atoms with van der Waals surface area (Å²) in [5, 5.41) is 3.76. The molecule has 9 aromatic rings. The maximum absolute atomic E-state index is 5.79. The fraction of sp³-hybridized carbons (Fsp3) is 0.0769. The normalized spacial score (nSPS) is 13.5. The van der Waals surface area contributed by atoms with Crippen molar-refractivity contribution in [3.05, 3.63) is 196 Å². The van der Waals surface area contributed by atoms with Gasteiger partial charge in [0, 0.05) is 27.5 Å². The van der Waals surface area contributed by atoms with Crippen molar-refractivity contribution in [2.45, 2.75) is 26.2 Å². The molecule has 0 atom stereocenters. The number of hydrogen-bond donors (Lipinski definition) is 0. The van der Waals surface area contributed by atoms with E-state index in [4.69, 9.17) is 6.42 Å². The predicted molar refractivity (Wildman–Crippen MR) is 226 cm³/mol. The summed E-state index contributed by atoms with van der Waals surface area (Å²) in [6.07, 6.45) is 9.68. The second kappa shape index (κ2) is 11.1. The van der Waals surface area contributed by atoms with Crippen molar-refractivity contribution in [2.24, 2.45) is 0 Å². The average Bonchev–Trinajstić information content (AvgIpc) is 3.88. The number of benzene rings is 7. The topological polar surface area (TPSA) is 9.86 Å². The summed E-state index contributed by atoms with van der Waals surface area (Å²) in [6, 6.07) is 54.7. The van der Waals surface area contributed by atoms with Crippen molar-refractivity contribution in [2.75, 3.05) is 0 Å². The molecule has 0 radical (unpaired) electrons. The number of aryl methyl sites for hydroxylation is 3. The molecule has 0 aliphatic heterocycles. The minimum Gasteiger partial charge on any atom is -0.310 e. The molecular formula is C52H36N2. The number of fused-ring (bicyclic) bond motifs is 14. The van der Waals surface area contributed by atoms with E-state index >= 15 is 0 Å². The zero-order valence-corrected chi connectivity index (χ0v) is 30.5. The summed E-state index contributed by atoms with van der Waals surface area (Å²) in [7, 11) is 0. The molecule has 0 saturated carbocycles. The molecule has 2 aliphatic rings. The Labute approximate surface area is 315 Å². The van der Waals surface area contributed by atoms with Gasteiger partial charge in [0.05, 0.1) is 27.7 Å². The van der Waals surface area contributed by atoms with E-state index in [0.717, 1.165) is 11.4 Å². The van der Waals surface area contributed by atoms with Crippen LogP contribution in [0.15, 0.2) is 152 Å². The van der Waals surface area contributed by atoms with Crippen LogP contribution in [0.4, 0.5) is 0 Å². The molecule has 11 rings (SSSR count). The zero-order chi connectivity index (χ0) is 36.3. The van der Waals surface area contributed by atoms with E-state index < -0.39 is 5.41 Å². The van der Waals surface area contributed by atoms with E-state index in [1.54, 1.807) is 0 Å². The Kier molecular flexibility index (Phi) is 6.32. The predicted octanol–water partition coefficient (Wildman–Crippen LogP) is 12.6. The van der Waals surface area contributed by atoms with Crippen molar-refractivity contribution >= 4 is 38.8 Å².